The summed E-state index contributed by atoms with van der Waals surface area (Å²) < 4.78 is 14.9. The Kier molecular flexibility index (Phi) is 4.43. The molecule has 0 amide bonds. The van der Waals surface area contributed by atoms with E-state index in [1.165, 1.54) is 25.7 Å². The number of nitrogens with one attached hydrogen (secondary N) is 1. The number of halogens is 2. The van der Waals surface area contributed by atoms with Gasteiger partial charge in [-0.15, -0.1) is 0 Å². The standard InChI is InChI=1S/C16H22BrFN2/c17-14-4-5-15(18)13(10-14)11-20-9-3-8-19-16(12-20)6-1-2-7-16/h4-5,10,19H,1-3,6-9,11-12H2. The average molecular weight is 341 g/mol. The van der Waals surface area contributed by atoms with E-state index < -0.39 is 0 Å². The first-order valence-corrected chi connectivity index (χ1v) is 8.38. The molecule has 1 saturated carbocycles. The lowest BCUT2D eigenvalue weighted by Gasteiger charge is -2.33. The fourth-order valence-corrected chi connectivity index (χ4v) is 4.05. The monoisotopic (exact) mass is 340 g/mol. The SMILES string of the molecule is Fc1ccc(Br)cc1CN1CCCNC2(CCCC2)C1. The van der Waals surface area contributed by atoms with Gasteiger partial charge in [0.15, 0.2) is 0 Å². The van der Waals surface area contributed by atoms with Gasteiger partial charge in [-0.25, -0.2) is 4.39 Å². The van der Waals surface area contributed by atoms with Crippen molar-refractivity contribution in [3.8, 4) is 0 Å². The third kappa shape index (κ3) is 3.23. The van der Waals surface area contributed by atoms with Gasteiger partial charge in [0.2, 0.25) is 0 Å². The smallest absolute Gasteiger partial charge is 0.127 e. The summed E-state index contributed by atoms with van der Waals surface area (Å²) in [7, 11) is 0. The molecule has 1 aromatic carbocycles. The first kappa shape index (κ1) is 14.5. The fraction of sp³-hybridized carbons (Fsp3) is 0.625. The van der Waals surface area contributed by atoms with Crippen LogP contribution in [0.4, 0.5) is 4.39 Å². The van der Waals surface area contributed by atoms with Crippen LogP contribution in [0, 0.1) is 5.82 Å². The van der Waals surface area contributed by atoms with Crippen LogP contribution >= 0.6 is 15.9 Å². The number of nitrogens with zero attached hydrogens (tertiary/aromatic N) is 1. The van der Waals surface area contributed by atoms with Gasteiger partial charge in [0.25, 0.3) is 0 Å². The minimum atomic E-state index is -0.0918. The van der Waals surface area contributed by atoms with Crippen LogP contribution in [0.5, 0.6) is 0 Å². The maximum atomic E-state index is 13.9. The largest absolute Gasteiger partial charge is 0.310 e. The highest BCUT2D eigenvalue weighted by Crippen LogP contribution is 2.32. The van der Waals surface area contributed by atoms with Crippen LogP contribution in [0.15, 0.2) is 22.7 Å². The van der Waals surface area contributed by atoms with Gasteiger partial charge >= 0.3 is 0 Å². The summed E-state index contributed by atoms with van der Waals surface area (Å²) in [5, 5.41) is 3.75. The Hall–Kier alpha value is -0.450. The van der Waals surface area contributed by atoms with Crippen LogP contribution in [0.25, 0.3) is 0 Å². The van der Waals surface area contributed by atoms with E-state index >= 15 is 0 Å². The summed E-state index contributed by atoms with van der Waals surface area (Å²) >= 11 is 3.44. The molecule has 1 aromatic rings. The molecular weight excluding hydrogens is 319 g/mol. The maximum Gasteiger partial charge on any atom is 0.127 e. The molecule has 0 radical (unpaired) electrons. The van der Waals surface area contributed by atoms with E-state index in [1.54, 1.807) is 12.1 Å². The molecule has 2 fully saturated rings. The Balaban J connectivity index is 1.73. The summed E-state index contributed by atoms with van der Waals surface area (Å²) in [4.78, 5) is 2.43. The van der Waals surface area contributed by atoms with Crippen molar-refractivity contribution in [2.45, 2.75) is 44.2 Å². The molecule has 1 heterocycles. The van der Waals surface area contributed by atoms with Crippen molar-refractivity contribution in [2.24, 2.45) is 0 Å². The number of hydrogen-bond donors (Lipinski definition) is 1. The molecule has 2 aliphatic rings. The predicted octanol–water partition coefficient (Wildman–Crippen LogP) is 3.70. The minimum Gasteiger partial charge on any atom is -0.310 e. The highest BCUT2D eigenvalue weighted by molar-refractivity contribution is 9.10. The molecular formula is C16H22BrFN2. The molecule has 0 unspecified atom stereocenters. The van der Waals surface area contributed by atoms with Crippen molar-refractivity contribution < 1.29 is 4.39 Å². The van der Waals surface area contributed by atoms with Gasteiger partial charge in [-0.1, -0.05) is 28.8 Å². The second-order valence-electron chi connectivity index (χ2n) is 6.21. The summed E-state index contributed by atoms with van der Waals surface area (Å²) in [5.41, 5.74) is 1.09. The maximum absolute atomic E-state index is 13.9. The zero-order chi connectivity index (χ0) is 14.0. The quantitative estimate of drug-likeness (QED) is 0.883. The Labute approximate surface area is 128 Å². The van der Waals surface area contributed by atoms with E-state index in [0.29, 0.717) is 12.1 Å². The number of rotatable bonds is 2. The second kappa shape index (κ2) is 6.12. The molecule has 2 nitrogen and oxygen atoms in total. The summed E-state index contributed by atoms with van der Waals surface area (Å²) in [6, 6.07) is 5.23. The zero-order valence-corrected chi connectivity index (χ0v) is 13.4. The van der Waals surface area contributed by atoms with E-state index in [-0.39, 0.29) is 5.82 Å². The molecule has 20 heavy (non-hydrogen) atoms. The molecule has 1 N–H and O–H groups in total. The number of hydrogen-bond acceptors (Lipinski definition) is 2. The van der Waals surface area contributed by atoms with Crippen molar-refractivity contribution >= 4 is 15.9 Å². The average Bonchev–Trinajstić information content (AvgIpc) is 2.77. The van der Waals surface area contributed by atoms with Gasteiger partial charge < -0.3 is 5.32 Å². The van der Waals surface area contributed by atoms with Crippen LogP contribution < -0.4 is 5.32 Å². The van der Waals surface area contributed by atoms with Gasteiger partial charge in [0.1, 0.15) is 5.82 Å². The van der Waals surface area contributed by atoms with Gasteiger partial charge in [-0.05, 0) is 50.6 Å². The van der Waals surface area contributed by atoms with Gasteiger partial charge in [-0.3, -0.25) is 4.90 Å². The van der Waals surface area contributed by atoms with E-state index in [0.717, 1.165) is 36.1 Å². The molecule has 1 aliphatic heterocycles. The molecule has 0 aromatic heterocycles. The Morgan fingerprint density at radius 3 is 2.85 bits per heavy atom. The zero-order valence-electron chi connectivity index (χ0n) is 11.8. The van der Waals surface area contributed by atoms with E-state index in [2.05, 4.69) is 26.1 Å². The van der Waals surface area contributed by atoms with Crippen LogP contribution in [-0.4, -0.2) is 30.1 Å². The van der Waals surface area contributed by atoms with Crippen molar-refractivity contribution in [3.05, 3.63) is 34.1 Å². The molecule has 4 heteroatoms. The number of benzene rings is 1. The normalized spacial score (nSPS) is 23.1. The third-order valence-corrected chi connectivity index (χ3v) is 5.13. The van der Waals surface area contributed by atoms with Gasteiger partial charge in [0, 0.05) is 28.7 Å². The van der Waals surface area contributed by atoms with Crippen molar-refractivity contribution in [2.75, 3.05) is 19.6 Å². The third-order valence-electron chi connectivity index (χ3n) is 4.64. The van der Waals surface area contributed by atoms with E-state index in [4.69, 9.17) is 0 Å². The lowest BCUT2D eigenvalue weighted by atomic mass is 9.97. The summed E-state index contributed by atoms with van der Waals surface area (Å²) in [6.07, 6.45) is 6.34. The summed E-state index contributed by atoms with van der Waals surface area (Å²) in [6.45, 7) is 3.92. The van der Waals surface area contributed by atoms with Crippen LogP contribution in [0.1, 0.15) is 37.7 Å². The van der Waals surface area contributed by atoms with Crippen molar-refractivity contribution in [3.63, 3.8) is 0 Å². The van der Waals surface area contributed by atoms with Gasteiger partial charge in [-0.2, -0.15) is 0 Å². The van der Waals surface area contributed by atoms with Crippen LogP contribution in [0.3, 0.4) is 0 Å². The fourth-order valence-electron chi connectivity index (χ4n) is 3.65. The highest BCUT2D eigenvalue weighted by atomic mass is 79.9. The van der Waals surface area contributed by atoms with E-state index in [1.807, 2.05) is 6.07 Å². The van der Waals surface area contributed by atoms with E-state index in [9.17, 15) is 4.39 Å². The summed E-state index contributed by atoms with van der Waals surface area (Å²) in [5.74, 6) is -0.0918. The molecule has 0 bridgehead atoms. The molecule has 110 valence electrons. The van der Waals surface area contributed by atoms with Crippen molar-refractivity contribution in [1.29, 1.82) is 0 Å². The Morgan fingerprint density at radius 2 is 2.05 bits per heavy atom. The predicted molar refractivity (Wildman–Crippen MR) is 83.2 cm³/mol. The van der Waals surface area contributed by atoms with Crippen molar-refractivity contribution in [1.82, 2.24) is 10.2 Å². The topological polar surface area (TPSA) is 15.3 Å². The first-order chi connectivity index (χ1) is 9.67. The lowest BCUT2D eigenvalue weighted by molar-refractivity contribution is 0.201. The van der Waals surface area contributed by atoms with Crippen LogP contribution in [0.2, 0.25) is 0 Å². The van der Waals surface area contributed by atoms with Gasteiger partial charge in [0.05, 0.1) is 0 Å². The molecule has 1 saturated heterocycles. The first-order valence-electron chi connectivity index (χ1n) is 7.58. The molecule has 1 spiro atoms. The Morgan fingerprint density at radius 1 is 1.25 bits per heavy atom. The van der Waals surface area contributed by atoms with Crippen LogP contribution in [-0.2, 0) is 6.54 Å². The molecule has 1 aliphatic carbocycles. The Bertz CT molecular complexity index is 472. The second-order valence-corrected chi connectivity index (χ2v) is 7.13. The minimum absolute atomic E-state index is 0.0918. The molecule has 0 atom stereocenters. The molecule has 3 rings (SSSR count). The lowest BCUT2D eigenvalue weighted by Crippen LogP contribution is -2.49. The highest BCUT2D eigenvalue weighted by Gasteiger charge is 2.36.